The Morgan fingerprint density at radius 1 is 1.26 bits per heavy atom. The lowest BCUT2D eigenvalue weighted by molar-refractivity contribution is 0.0548. The molecule has 1 saturated heterocycles. The van der Waals surface area contributed by atoms with E-state index in [2.05, 4.69) is 20.8 Å². The van der Waals surface area contributed by atoms with Crippen LogP contribution in [0, 0.1) is 12.8 Å². The number of hydrogen-bond donors (Lipinski definition) is 0. The number of amides is 1. The Labute approximate surface area is 123 Å². The van der Waals surface area contributed by atoms with Crippen LogP contribution in [-0.4, -0.2) is 23.4 Å². The monoisotopic (exact) mass is 321 g/mol. The summed E-state index contributed by atoms with van der Waals surface area (Å²) in [7, 11) is 0. The van der Waals surface area contributed by atoms with Gasteiger partial charge in [-0.15, -0.1) is 0 Å². The summed E-state index contributed by atoms with van der Waals surface area (Å²) >= 11 is 3.52. The Balaban J connectivity index is 1.84. The summed E-state index contributed by atoms with van der Waals surface area (Å²) in [5.41, 5.74) is 2.00. The highest BCUT2D eigenvalue weighted by atomic mass is 79.9. The molecule has 0 N–H and O–H groups in total. The molecule has 2 aliphatic rings. The van der Waals surface area contributed by atoms with Gasteiger partial charge in [-0.2, -0.15) is 0 Å². The number of benzene rings is 1. The van der Waals surface area contributed by atoms with Crippen LogP contribution in [0.4, 0.5) is 0 Å². The van der Waals surface area contributed by atoms with Crippen molar-refractivity contribution >= 4 is 21.8 Å². The molecule has 3 heteroatoms. The van der Waals surface area contributed by atoms with E-state index in [0.29, 0.717) is 6.04 Å². The first kappa shape index (κ1) is 13.2. The number of rotatable bonds is 1. The number of piperidine rings is 1. The van der Waals surface area contributed by atoms with Gasteiger partial charge in [0.15, 0.2) is 0 Å². The average Bonchev–Trinajstić information content (AvgIpc) is 2.89. The van der Waals surface area contributed by atoms with E-state index in [0.717, 1.165) is 22.5 Å². The first-order chi connectivity index (χ1) is 9.16. The number of fused-ring (bicyclic) bond motifs is 1. The molecular formula is C16H20BrNO. The topological polar surface area (TPSA) is 20.3 Å². The maximum atomic E-state index is 12.7. The summed E-state index contributed by atoms with van der Waals surface area (Å²) in [4.78, 5) is 14.8. The Morgan fingerprint density at radius 2 is 2.05 bits per heavy atom. The van der Waals surface area contributed by atoms with Crippen LogP contribution in [0.2, 0.25) is 0 Å². The summed E-state index contributed by atoms with van der Waals surface area (Å²) < 4.78 is 1.03. The van der Waals surface area contributed by atoms with Crippen molar-refractivity contribution in [1.29, 1.82) is 0 Å². The van der Waals surface area contributed by atoms with Gasteiger partial charge in [-0.25, -0.2) is 0 Å². The maximum Gasteiger partial charge on any atom is 0.254 e. The van der Waals surface area contributed by atoms with Crippen molar-refractivity contribution in [1.82, 2.24) is 4.90 Å². The molecule has 2 atom stereocenters. The second-order valence-corrected chi connectivity index (χ2v) is 6.72. The number of hydrogen-bond acceptors (Lipinski definition) is 1. The van der Waals surface area contributed by atoms with E-state index < -0.39 is 0 Å². The predicted octanol–water partition coefficient (Wildman–Crippen LogP) is 4.16. The van der Waals surface area contributed by atoms with E-state index in [-0.39, 0.29) is 5.91 Å². The highest BCUT2D eigenvalue weighted by Gasteiger charge is 2.37. The molecule has 1 aromatic rings. The fourth-order valence-corrected chi connectivity index (χ4v) is 3.98. The summed E-state index contributed by atoms with van der Waals surface area (Å²) in [6.45, 7) is 2.98. The Bertz CT molecular complexity index is 500. The molecule has 1 amide bonds. The molecule has 2 unspecified atom stereocenters. The largest absolute Gasteiger partial charge is 0.335 e. The van der Waals surface area contributed by atoms with Gasteiger partial charge in [-0.3, -0.25) is 4.79 Å². The number of carbonyl (C=O) groups is 1. The molecule has 1 heterocycles. The van der Waals surface area contributed by atoms with Crippen molar-refractivity contribution in [2.75, 3.05) is 6.54 Å². The first-order valence-corrected chi connectivity index (χ1v) is 8.03. The van der Waals surface area contributed by atoms with Gasteiger partial charge in [0.25, 0.3) is 5.91 Å². The third kappa shape index (κ3) is 2.45. The van der Waals surface area contributed by atoms with Crippen LogP contribution in [0.5, 0.6) is 0 Å². The zero-order valence-corrected chi connectivity index (χ0v) is 12.9. The van der Waals surface area contributed by atoms with Crippen molar-refractivity contribution in [2.24, 2.45) is 5.92 Å². The maximum absolute atomic E-state index is 12.7. The van der Waals surface area contributed by atoms with E-state index in [9.17, 15) is 4.79 Å². The van der Waals surface area contributed by atoms with Crippen LogP contribution in [0.1, 0.15) is 48.0 Å². The van der Waals surface area contributed by atoms with Crippen molar-refractivity contribution in [2.45, 2.75) is 45.1 Å². The van der Waals surface area contributed by atoms with E-state index in [4.69, 9.17) is 0 Å². The number of halogens is 1. The zero-order chi connectivity index (χ0) is 13.4. The van der Waals surface area contributed by atoms with Crippen molar-refractivity contribution < 1.29 is 4.79 Å². The summed E-state index contributed by atoms with van der Waals surface area (Å²) in [6.07, 6.45) is 6.28. The van der Waals surface area contributed by atoms with Gasteiger partial charge in [0.2, 0.25) is 0 Å². The average molecular weight is 322 g/mol. The lowest BCUT2D eigenvalue weighted by Gasteiger charge is -2.38. The molecule has 2 nitrogen and oxygen atoms in total. The summed E-state index contributed by atoms with van der Waals surface area (Å²) in [5.74, 6) is 0.976. The molecule has 0 spiro atoms. The molecule has 1 aliphatic carbocycles. The van der Waals surface area contributed by atoms with Crippen LogP contribution >= 0.6 is 15.9 Å². The molecule has 19 heavy (non-hydrogen) atoms. The third-order valence-electron chi connectivity index (χ3n) is 4.67. The highest BCUT2D eigenvalue weighted by Crippen LogP contribution is 2.37. The van der Waals surface area contributed by atoms with E-state index in [1.807, 2.05) is 25.1 Å². The minimum absolute atomic E-state index is 0.220. The van der Waals surface area contributed by atoms with Gasteiger partial charge in [-0.1, -0.05) is 28.4 Å². The molecule has 2 fully saturated rings. The van der Waals surface area contributed by atoms with Crippen LogP contribution < -0.4 is 0 Å². The van der Waals surface area contributed by atoms with Crippen molar-refractivity contribution in [3.8, 4) is 0 Å². The van der Waals surface area contributed by atoms with Gasteiger partial charge in [0.1, 0.15) is 0 Å². The predicted molar refractivity (Wildman–Crippen MR) is 80.3 cm³/mol. The molecule has 102 valence electrons. The molecule has 0 bridgehead atoms. The lowest BCUT2D eigenvalue weighted by atomic mass is 9.91. The quantitative estimate of drug-likeness (QED) is 0.760. The van der Waals surface area contributed by atoms with Gasteiger partial charge in [0, 0.05) is 22.6 Å². The van der Waals surface area contributed by atoms with Crippen LogP contribution in [0.25, 0.3) is 0 Å². The second kappa shape index (κ2) is 5.28. The van der Waals surface area contributed by atoms with Crippen LogP contribution in [0.3, 0.4) is 0 Å². The molecule has 1 saturated carbocycles. The number of likely N-dealkylation sites (tertiary alicyclic amines) is 1. The van der Waals surface area contributed by atoms with Gasteiger partial charge in [0.05, 0.1) is 0 Å². The van der Waals surface area contributed by atoms with Gasteiger partial charge < -0.3 is 4.90 Å². The van der Waals surface area contributed by atoms with Crippen molar-refractivity contribution in [3.05, 3.63) is 33.8 Å². The standard InChI is InChI=1S/C16H20BrNO/c1-11-7-8-13(10-14(11)17)16(19)18-9-3-5-12-4-2-6-15(12)18/h7-8,10,12,15H,2-6,9H2,1H3. The van der Waals surface area contributed by atoms with Crippen LogP contribution in [-0.2, 0) is 0 Å². The number of carbonyl (C=O) groups excluding carboxylic acids is 1. The van der Waals surface area contributed by atoms with Crippen LogP contribution in [0.15, 0.2) is 22.7 Å². The normalized spacial score (nSPS) is 26.3. The molecule has 1 aromatic carbocycles. The highest BCUT2D eigenvalue weighted by molar-refractivity contribution is 9.10. The van der Waals surface area contributed by atoms with Gasteiger partial charge >= 0.3 is 0 Å². The third-order valence-corrected chi connectivity index (χ3v) is 5.53. The fourth-order valence-electron chi connectivity index (χ4n) is 3.60. The van der Waals surface area contributed by atoms with Crippen molar-refractivity contribution in [3.63, 3.8) is 0 Å². The fraction of sp³-hybridized carbons (Fsp3) is 0.562. The molecule has 0 radical (unpaired) electrons. The number of nitrogens with zero attached hydrogens (tertiary/aromatic N) is 1. The minimum atomic E-state index is 0.220. The first-order valence-electron chi connectivity index (χ1n) is 7.24. The summed E-state index contributed by atoms with van der Waals surface area (Å²) in [5, 5.41) is 0. The summed E-state index contributed by atoms with van der Waals surface area (Å²) in [6, 6.07) is 6.45. The van der Waals surface area contributed by atoms with E-state index in [1.54, 1.807) is 0 Å². The molecule has 3 rings (SSSR count). The molecule has 1 aliphatic heterocycles. The van der Waals surface area contributed by atoms with E-state index in [1.165, 1.54) is 37.7 Å². The second-order valence-electron chi connectivity index (χ2n) is 5.86. The van der Waals surface area contributed by atoms with E-state index >= 15 is 0 Å². The lowest BCUT2D eigenvalue weighted by Crippen LogP contribution is -2.46. The zero-order valence-electron chi connectivity index (χ0n) is 11.4. The minimum Gasteiger partial charge on any atom is -0.335 e. The Morgan fingerprint density at radius 3 is 2.84 bits per heavy atom. The molecule has 0 aromatic heterocycles. The number of aryl methyl sites for hydroxylation is 1. The smallest absolute Gasteiger partial charge is 0.254 e. The Kier molecular flexibility index (Phi) is 3.66. The molecular weight excluding hydrogens is 302 g/mol. The SMILES string of the molecule is Cc1ccc(C(=O)N2CCCC3CCCC32)cc1Br. The van der Waals surface area contributed by atoms with Gasteiger partial charge in [-0.05, 0) is 56.2 Å². The Hall–Kier alpha value is -0.830.